The predicted molar refractivity (Wildman–Crippen MR) is 87.4 cm³/mol. The molecule has 0 amide bonds. The standard InChI is InChI=1S/C19H38/c1-5-10-19-15-16(3)11-9-14-18(6-2)13-8-7-12-17(19)4/h16-19H,5-15H2,1-4H3. The maximum Gasteiger partial charge on any atom is -0.0386 e. The third kappa shape index (κ3) is 6.82. The summed E-state index contributed by atoms with van der Waals surface area (Å²) in [5.41, 5.74) is 0. The molecular formula is C19H38. The summed E-state index contributed by atoms with van der Waals surface area (Å²) in [5, 5.41) is 0. The zero-order valence-electron chi connectivity index (χ0n) is 14.1. The summed E-state index contributed by atoms with van der Waals surface area (Å²) in [5.74, 6) is 3.94. The second-order valence-electron chi connectivity index (χ2n) is 7.36. The van der Waals surface area contributed by atoms with Crippen molar-refractivity contribution in [3.05, 3.63) is 0 Å². The number of rotatable bonds is 3. The molecule has 1 aliphatic carbocycles. The van der Waals surface area contributed by atoms with Crippen molar-refractivity contribution in [1.29, 1.82) is 0 Å². The summed E-state index contributed by atoms with van der Waals surface area (Å²) in [7, 11) is 0. The van der Waals surface area contributed by atoms with Gasteiger partial charge < -0.3 is 0 Å². The third-order valence-corrected chi connectivity index (χ3v) is 5.58. The zero-order valence-corrected chi connectivity index (χ0v) is 14.1. The number of hydrogen-bond acceptors (Lipinski definition) is 0. The average Bonchev–Trinajstić information content (AvgIpc) is 2.39. The molecule has 1 saturated carbocycles. The minimum Gasteiger partial charge on any atom is -0.0654 e. The lowest BCUT2D eigenvalue weighted by molar-refractivity contribution is 0.236. The molecule has 114 valence electrons. The van der Waals surface area contributed by atoms with Crippen molar-refractivity contribution in [1.82, 2.24) is 0 Å². The van der Waals surface area contributed by atoms with Crippen molar-refractivity contribution in [2.75, 3.05) is 0 Å². The topological polar surface area (TPSA) is 0 Å². The molecule has 0 aliphatic heterocycles. The van der Waals surface area contributed by atoms with Gasteiger partial charge >= 0.3 is 0 Å². The zero-order chi connectivity index (χ0) is 14.1. The fourth-order valence-corrected chi connectivity index (χ4v) is 4.08. The summed E-state index contributed by atoms with van der Waals surface area (Å²) in [6, 6.07) is 0. The molecule has 0 spiro atoms. The first-order chi connectivity index (χ1) is 9.17. The van der Waals surface area contributed by atoms with E-state index in [1.165, 1.54) is 70.6 Å². The van der Waals surface area contributed by atoms with E-state index in [2.05, 4.69) is 27.7 Å². The van der Waals surface area contributed by atoms with E-state index in [0.717, 1.165) is 23.7 Å². The van der Waals surface area contributed by atoms with Crippen LogP contribution >= 0.6 is 0 Å². The normalized spacial score (nSPS) is 35.4. The van der Waals surface area contributed by atoms with Gasteiger partial charge in [-0.15, -0.1) is 0 Å². The summed E-state index contributed by atoms with van der Waals surface area (Å²) in [6.07, 6.45) is 16.1. The Labute approximate surface area is 122 Å². The Bertz CT molecular complexity index is 208. The molecule has 0 saturated heterocycles. The van der Waals surface area contributed by atoms with Gasteiger partial charge in [0.25, 0.3) is 0 Å². The minimum absolute atomic E-state index is 0.955. The van der Waals surface area contributed by atoms with Gasteiger partial charge in [0.05, 0.1) is 0 Å². The van der Waals surface area contributed by atoms with Crippen LogP contribution in [0.1, 0.15) is 98.3 Å². The van der Waals surface area contributed by atoms with E-state index in [-0.39, 0.29) is 0 Å². The molecule has 0 N–H and O–H groups in total. The fraction of sp³-hybridized carbons (Fsp3) is 1.00. The fourth-order valence-electron chi connectivity index (χ4n) is 4.08. The molecule has 4 unspecified atom stereocenters. The largest absolute Gasteiger partial charge is 0.0654 e. The Balaban J connectivity index is 2.52. The first-order valence-electron chi connectivity index (χ1n) is 9.17. The molecule has 0 aromatic heterocycles. The maximum atomic E-state index is 2.52. The van der Waals surface area contributed by atoms with E-state index in [1.54, 1.807) is 0 Å². The lowest BCUT2D eigenvalue weighted by Crippen LogP contribution is -2.16. The Morgan fingerprint density at radius 3 is 2.21 bits per heavy atom. The highest BCUT2D eigenvalue weighted by Gasteiger charge is 2.20. The van der Waals surface area contributed by atoms with Crippen LogP contribution in [-0.4, -0.2) is 0 Å². The van der Waals surface area contributed by atoms with Gasteiger partial charge in [0, 0.05) is 0 Å². The van der Waals surface area contributed by atoms with Gasteiger partial charge in [0.2, 0.25) is 0 Å². The van der Waals surface area contributed by atoms with Crippen molar-refractivity contribution in [2.45, 2.75) is 98.3 Å². The molecule has 0 heterocycles. The molecular weight excluding hydrogens is 228 g/mol. The first-order valence-corrected chi connectivity index (χ1v) is 9.17. The lowest BCUT2D eigenvalue weighted by Gasteiger charge is -2.28. The van der Waals surface area contributed by atoms with E-state index in [4.69, 9.17) is 0 Å². The summed E-state index contributed by atoms with van der Waals surface area (Å²) in [6.45, 7) is 9.78. The molecule has 19 heavy (non-hydrogen) atoms. The van der Waals surface area contributed by atoms with Crippen LogP contribution in [0.4, 0.5) is 0 Å². The van der Waals surface area contributed by atoms with Crippen LogP contribution < -0.4 is 0 Å². The van der Waals surface area contributed by atoms with Crippen molar-refractivity contribution >= 4 is 0 Å². The van der Waals surface area contributed by atoms with Gasteiger partial charge in [-0.05, 0) is 30.1 Å². The predicted octanol–water partition coefficient (Wildman–Crippen LogP) is 6.84. The van der Waals surface area contributed by atoms with Gasteiger partial charge in [-0.2, -0.15) is 0 Å². The van der Waals surface area contributed by atoms with Gasteiger partial charge in [0.15, 0.2) is 0 Å². The van der Waals surface area contributed by atoms with Crippen molar-refractivity contribution < 1.29 is 0 Å². The SMILES string of the molecule is CCCC1CC(C)CCCC(CC)CCCCC1C. The monoisotopic (exact) mass is 266 g/mol. The van der Waals surface area contributed by atoms with Crippen LogP contribution in [0.5, 0.6) is 0 Å². The highest BCUT2D eigenvalue weighted by Crippen LogP contribution is 2.32. The van der Waals surface area contributed by atoms with Crippen molar-refractivity contribution in [3.63, 3.8) is 0 Å². The molecule has 1 fully saturated rings. The molecule has 0 bridgehead atoms. The Morgan fingerprint density at radius 1 is 0.842 bits per heavy atom. The summed E-state index contributed by atoms with van der Waals surface area (Å²) < 4.78 is 0. The molecule has 4 atom stereocenters. The minimum atomic E-state index is 0.955. The van der Waals surface area contributed by atoms with Crippen molar-refractivity contribution in [3.8, 4) is 0 Å². The number of hydrogen-bond donors (Lipinski definition) is 0. The lowest BCUT2D eigenvalue weighted by atomic mass is 9.78. The Kier molecular flexibility index (Phi) is 8.83. The average molecular weight is 267 g/mol. The maximum absolute atomic E-state index is 2.52. The van der Waals surface area contributed by atoms with Gasteiger partial charge in [-0.25, -0.2) is 0 Å². The summed E-state index contributed by atoms with van der Waals surface area (Å²) >= 11 is 0. The van der Waals surface area contributed by atoms with Gasteiger partial charge in [0.1, 0.15) is 0 Å². The van der Waals surface area contributed by atoms with Crippen LogP contribution in [0.3, 0.4) is 0 Å². The van der Waals surface area contributed by atoms with Gasteiger partial charge in [-0.1, -0.05) is 91.9 Å². The van der Waals surface area contributed by atoms with Crippen molar-refractivity contribution in [2.24, 2.45) is 23.7 Å². The van der Waals surface area contributed by atoms with E-state index in [0.29, 0.717) is 0 Å². The van der Waals surface area contributed by atoms with E-state index < -0.39 is 0 Å². The first kappa shape index (κ1) is 17.1. The second kappa shape index (κ2) is 9.83. The highest BCUT2D eigenvalue weighted by atomic mass is 14.3. The van der Waals surface area contributed by atoms with Crippen LogP contribution in [0.25, 0.3) is 0 Å². The van der Waals surface area contributed by atoms with E-state index >= 15 is 0 Å². The Hall–Kier alpha value is 0. The molecule has 0 radical (unpaired) electrons. The molecule has 0 aromatic carbocycles. The van der Waals surface area contributed by atoms with Gasteiger partial charge in [-0.3, -0.25) is 0 Å². The van der Waals surface area contributed by atoms with E-state index in [1.807, 2.05) is 0 Å². The molecule has 0 heteroatoms. The quantitative estimate of drug-likeness (QED) is 0.525. The molecule has 1 aliphatic rings. The third-order valence-electron chi connectivity index (χ3n) is 5.58. The molecule has 0 nitrogen and oxygen atoms in total. The summed E-state index contributed by atoms with van der Waals surface area (Å²) in [4.78, 5) is 0. The smallest absolute Gasteiger partial charge is 0.0386 e. The van der Waals surface area contributed by atoms with E-state index in [9.17, 15) is 0 Å². The van der Waals surface area contributed by atoms with Crippen LogP contribution in [-0.2, 0) is 0 Å². The van der Waals surface area contributed by atoms with Crippen LogP contribution in [0, 0.1) is 23.7 Å². The Morgan fingerprint density at radius 2 is 1.53 bits per heavy atom. The van der Waals surface area contributed by atoms with Crippen LogP contribution in [0.2, 0.25) is 0 Å². The highest BCUT2D eigenvalue weighted by molar-refractivity contribution is 4.72. The van der Waals surface area contributed by atoms with Crippen LogP contribution in [0.15, 0.2) is 0 Å². The second-order valence-corrected chi connectivity index (χ2v) is 7.36. The molecule has 1 rings (SSSR count). The molecule has 0 aromatic rings.